The summed E-state index contributed by atoms with van der Waals surface area (Å²) in [7, 11) is 0. The van der Waals surface area contributed by atoms with Crippen LogP contribution in [0, 0.1) is 5.92 Å². The van der Waals surface area contributed by atoms with Gasteiger partial charge >= 0.3 is 5.97 Å². The lowest BCUT2D eigenvalue weighted by molar-refractivity contribution is -0.141. The molecule has 2 aliphatic carbocycles. The van der Waals surface area contributed by atoms with E-state index in [4.69, 9.17) is 18.9 Å². The van der Waals surface area contributed by atoms with E-state index in [9.17, 15) is 34.8 Å². The van der Waals surface area contributed by atoms with Crippen molar-refractivity contribution in [1.82, 2.24) is 4.98 Å². The number of hydrogen-bond donors (Lipinski definition) is 5. The quantitative estimate of drug-likeness (QED) is 0.0895. The summed E-state index contributed by atoms with van der Waals surface area (Å²) in [5.74, 6) is -3.02. The van der Waals surface area contributed by atoms with Crippen LogP contribution in [0.15, 0.2) is 59.5 Å². The molecule has 0 amide bonds. The summed E-state index contributed by atoms with van der Waals surface area (Å²) < 4.78 is 24.5. The number of rotatable bonds is 10. The highest BCUT2D eigenvalue weighted by molar-refractivity contribution is 6.11. The Bertz CT molecular complexity index is 2000. The molecular weight excluding hydrogens is 658 g/mol. The maximum absolute atomic E-state index is 13.9. The first-order valence-corrected chi connectivity index (χ1v) is 17.3. The Labute approximate surface area is 294 Å². The summed E-state index contributed by atoms with van der Waals surface area (Å²) in [6, 6.07) is 7.58. The van der Waals surface area contributed by atoms with E-state index >= 15 is 0 Å². The number of carbonyl (C=O) groups excluding carboxylic acids is 3. The van der Waals surface area contributed by atoms with Crippen LogP contribution in [0.25, 0.3) is 16.5 Å². The van der Waals surface area contributed by atoms with E-state index in [0.29, 0.717) is 23.8 Å². The van der Waals surface area contributed by atoms with Gasteiger partial charge in [-0.05, 0) is 62.3 Å². The lowest BCUT2D eigenvalue weighted by Gasteiger charge is -2.35. The molecule has 12 nitrogen and oxygen atoms in total. The average molecular weight is 700 g/mol. The highest BCUT2D eigenvalue weighted by Crippen LogP contribution is 2.60. The van der Waals surface area contributed by atoms with Crippen molar-refractivity contribution < 1.29 is 53.8 Å². The Morgan fingerprint density at radius 3 is 2.71 bits per heavy atom. The van der Waals surface area contributed by atoms with Gasteiger partial charge in [-0.1, -0.05) is 23.8 Å². The number of aromatic amines is 1. The fraction of sp³-hybridized carbons (Fsp3) is 0.410. The van der Waals surface area contributed by atoms with Crippen molar-refractivity contribution in [3.63, 3.8) is 0 Å². The van der Waals surface area contributed by atoms with Crippen LogP contribution in [0.1, 0.15) is 73.6 Å². The third kappa shape index (κ3) is 5.76. The molecule has 1 aromatic heterocycles. The molecule has 1 saturated carbocycles. The summed E-state index contributed by atoms with van der Waals surface area (Å²) in [5, 5.41) is 43.5. The van der Waals surface area contributed by atoms with E-state index in [2.05, 4.69) is 4.98 Å². The number of fused-ring (bicyclic) bond motifs is 5. The smallest absolute Gasteiger partial charge is 0.375 e. The zero-order valence-corrected chi connectivity index (χ0v) is 28.4. The van der Waals surface area contributed by atoms with E-state index < -0.39 is 54.4 Å². The molecule has 5 N–H and O–H groups in total. The number of aliphatic hydroxyl groups excluding tert-OH is 3. The van der Waals surface area contributed by atoms with Crippen LogP contribution in [-0.4, -0.2) is 81.6 Å². The van der Waals surface area contributed by atoms with Crippen LogP contribution in [0.2, 0.25) is 0 Å². The first kappa shape index (κ1) is 34.7. The summed E-state index contributed by atoms with van der Waals surface area (Å²) >= 11 is 0. The molecule has 268 valence electrons. The number of carbonyl (C=O) groups is 3. The van der Waals surface area contributed by atoms with Gasteiger partial charge in [-0.15, -0.1) is 0 Å². The van der Waals surface area contributed by atoms with Crippen molar-refractivity contribution in [2.24, 2.45) is 5.92 Å². The van der Waals surface area contributed by atoms with Gasteiger partial charge in [0.15, 0.2) is 6.29 Å². The lowest BCUT2D eigenvalue weighted by atomic mass is 9.71. The van der Waals surface area contributed by atoms with E-state index in [1.54, 1.807) is 13.8 Å². The minimum atomic E-state index is -1.29. The molecule has 3 heterocycles. The van der Waals surface area contributed by atoms with E-state index in [-0.39, 0.29) is 84.4 Å². The molecular formula is C39H41NO11. The Hall–Kier alpha value is -4.75. The van der Waals surface area contributed by atoms with Gasteiger partial charge < -0.3 is 44.4 Å². The standard InChI is InChI=1S/C39H41NO11/c1-3-48-38(46)35-26(18-43)29(22-15-23(17-42)32(45)25(16-22)20-7-8-28-21(14-20)9-11-40-28)31-34(50-35)27(19-44)33-30(36(31)49-13-5-12-41)24-6-4-10-39(2,47)37(24)51-33/h4,6-9,11,14,18,23-25,37,40-42,44,47H,3,5,10,12-13,15-17,19H2,1-2H3/b29-22+/t23-,24-,25-,37-,39+/m0/s1. The number of Topliss-reactive ketones (excluding diaryl/α,β-unsaturated/α-hetero) is 1. The largest absolute Gasteiger partial charge is 0.492 e. The van der Waals surface area contributed by atoms with Gasteiger partial charge in [0, 0.05) is 53.6 Å². The number of ether oxygens (including phenoxy) is 4. The first-order valence-electron chi connectivity index (χ1n) is 17.3. The molecule has 5 atom stereocenters. The molecule has 0 bridgehead atoms. The number of ketones is 1. The summed E-state index contributed by atoms with van der Waals surface area (Å²) in [6.07, 6.45) is 6.11. The Morgan fingerprint density at radius 1 is 1.16 bits per heavy atom. The van der Waals surface area contributed by atoms with Crippen LogP contribution in [-0.2, 0) is 25.7 Å². The van der Waals surface area contributed by atoms with Crippen LogP contribution in [0.3, 0.4) is 0 Å². The highest BCUT2D eigenvalue weighted by Gasteiger charge is 2.51. The number of aliphatic hydroxyl groups is 4. The fourth-order valence-electron chi connectivity index (χ4n) is 7.97. The van der Waals surface area contributed by atoms with Gasteiger partial charge in [0.05, 0.1) is 43.1 Å². The van der Waals surface area contributed by atoms with Crippen LogP contribution in [0.4, 0.5) is 0 Å². The SMILES string of the molecule is CCOC(=O)C1=C(C=O)/C(=C2/C[C@@H](CO)C(=O)[C@H](c3ccc4[nH]ccc4c3)C2)c2c(c(CO)c3c(c2OCCCO)[C@@H]2C=CC[C@@](C)(O)[C@H]2O3)O1. The number of esters is 1. The molecule has 0 unspecified atom stereocenters. The summed E-state index contributed by atoms with van der Waals surface area (Å²) in [5.41, 5.74) is 2.06. The number of aldehydes is 1. The molecule has 4 aliphatic rings. The molecule has 2 aromatic carbocycles. The fourth-order valence-corrected chi connectivity index (χ4v) is 7.97. The number of allylic oxidation sites excluding steroid dienone is 3. The molecule has 0 saturated heterocycles. The molecule has 1 fully saturated rings. The zero-order valence-electron chi connectivity index (χ0n) is 28.4. The molecule has 3 aromatic rings. The second kappa shape index (κ2) is 13.8. The minimum absolute atomic E-state index is 0.0106. The van der Waals surface area contributed by atoms with E-state index in [1.807, 2.05) is 42.6 Å². The van der Waals surface area contributed by atoms with Gasteiger partial charge in [-0.2, -0.15) is 0 Å². The molecule has 0 spiro atoms. The summed E-state index contributed by atoms with van der Waals surface area (Å²) in [6.45, 7) is 2.11. The number of hydrogen-bond acceptors (Lipinski definition) is 11. The maximum Gasteiger partial charge on any atom is 0.375 e. The predicted octanol–water partition coefficient (Wildman–Crippen LogP) is 3.89. The first-order chi connectivity index (χ1) is 24.7. The Morgan fingerprint density at radius 2 is 1.98 bits per heavy atom. The lowest BCUT2D eigenvalue weighted by Crippen LogP contribution is -2.45. The average Bonchev–Trinajstić information content (AvgIpc) is 3.76. The summed E-state index contributed by atoms with van der Waals surface area (Å²) in [4.78, 5) is 43.8. The predicted molar refractivity (Wildman–Crippen MR) is 184 cm³/mol. The number of nitrogens with one attached hydrogen (secondary N) is 1. The molecule has 12 heteroatoms. The van der Waals surface area contributed by atoms with Gasteiger partial charge in [0.2, 0.25) is 5.76 Å². The van der Waals surface area contributed by atoms with Crippen LogP contribution >= 0.6 is 0 Å². The molecule has 0 radical (unpaired) electrons. The van der Waals surface area contributed by atoms with Gasteiger partial charge in [0.1, 0.15) is 34.7 Å². The van der Waals surface area contributed by atoms with Crippen molar-refractivity contribution in [1.29, 1.82) is 0 Å². The number of H-pyrrole nitrogens is 1. The van der Waals surface area contributed by atoms with Crippen molar-refractivity contribution in [3.05, 3.63) is 81.8 Å². The monoisotopic (exact) mass is 699 g/mol. The molecule has 51 heavy (non-hydrogen) atoms. The topological polar surface area (TPSA) is 185 Å². The third-order valence-corrected chi connectivity index (χ3v) is 10.4. The number of benzene rings is 2. The van der Waals surface area contributed by atoms with E-state index in [1.165, 1.54) is 0 Å². The second-order valence-corrected chi connectivity index (χ2v) is 13.6. The van der Waals surface area contributed by atoms with Crippen molar-refractivity contribution in [3.8, 4) is 17.2 Å². The second-order valence-electron chi connectivity index (χ2n) is 13.6. The highest BCUT2D eigenvalue weighted by atomic mass is 16.6. The van der Waals surface area contributed by atoms with Gasteiger partial charge in [-0.3, -0.25) is 9.59 Å². The van der Waals surface area contributed by atoms with Gasteiger partial charge in [0.25, 0.3) is 0 Å². The molecule has 2 aliphatic heterocycles. The van der Waals surface area contributed by atoms with Crippen LogP contribution in [0.5, 0.6) is 17.2 Å². The van der Waals surface area contributed by atoms with Crippen molar-refractivity contribution in [2.45, 2.75) is 69.7 Å². The van der Waals surface area contributed by atoms with Crippen molar-refractivity contribution >= 4 is 34.5 Å². The Kier molecular flexibility index (Phi) is 9.36. The van der Waals surface area contributed by atoms with Crippen LogP contribution < -0.4 is 14.2 Å². The Balaban J connectivity index is 1.53. The normalized spacial score (nSPS) is 26.7. The van der Waals surface area contributed by atoms with Crippen molar-refractivity contribution in [2.75, 3.05) is 26.4 Å². The van der Waals surface area contributed by atoms with E-state index in [0.717, 1.165) is 16.5 Å². The maximum atomic E-state index is 13.9. The third-order valence-electron chi connectivity index (χ3n) is 10.4. The molecule has 7 rings (SSSR count). The minimum Gasteiger partial charge on any atom is -0.492 e. The van der Waals surface area contributed by atoms with Gasteiger partial charge in [-0.25, -0.2) is 4.79 Å². The zero-order chi connectivity index (χ0) is 36.0. The number of aromatic nitrogens is 1.